The number of carbonyl (C=O) groups is 1. The van der Waals surface area contributed by atoms with Gasteiger partial charge in [0.15, 0.2) is 0 Å². The first-order chi connectivity index (χ1) is 11.5. The third kappa shape index (κ3) is 4.10. The molecule has 0 saturated carbocycles. The van der Waals surface area contributed by atoms with Crippen LogP contribution in [0.15, 0.2) is 23.0 Å². The minimum atomic E-state index is -4.53. The molecule has 0 aliphatic carbocycles. The fourth-order valence-corrected chi connectivity index (χ4v) is 2.62. The Balaban J connectivity index is 2.31. The fourth-order valence-electron chi connectivity index (χ4n) is 2.62. The Morgan fingerprint density at radius 1 is 1.08 bits per heavy atom. The maximum absolute atomic E-state index is 13.0. The fraction of sp³-hybridized carbons (Fsp3) is 0.333. The molecule has 1 aromatic carbocycles. The molecule has 0 atom stereocenters. The van der Waals surface area contributed by atoms with Gasteiger partial charge < -0.3 is 10.3 Å². The number of pyridine rings is 1. The summed E-state index contributed by atoms with van der Waals surface area (Å²) in [5, 5.41) is 2.54. The highest BCUT2D eigenvalue weighted by Crippen LogP contribution is 2.32. The predicted molar refractivity (Wildman–Crippen MR) is 88.6 cm³/mol. The number of halogens is 3. The summed E-state index contributed by atoms with van der Waals surface area (Å²) in [7, 11) is 0. The number of carbonyl (C=O) groups excluding carboxylic acids is 1. The van der Waals surface area contributed by atoms with Crippen LogP contribution in [-0.2, 0) is 12.7 Å². The van der Waals surface area contributed by atoms with E-state index in [0.717, 1.165) is 12.1 Å². The molecule has 1 heterocycles. The van der Waals surface area contributed by atoms with Crippen molar-refractivity contribution in [2.45, 2.75) is 40.4 Å². The van der Waals surface area contributed by atoms with Crippen molar-refractivity contribution < 1.29 is 18.0 Å². The van der Waals surface area contributed by atoms with E-state index in [9.17, 15) is 22.8 Å². The van der Waals surface area contributed by atoms with Gasteiger partial charge in [-0.25, -0.2) is 0 Å². The Morgan fingerprint density at radius 3 is 2.28 bits per heavy atom. The SMILES string of the molecule is Cc1cc(C)c(CNC(=O)c2cc(C(F)(F)F)cc(C)c2C)c(=O)[nH]1. The normalized spacial score (nSPS) is 11.5. The molecule has 2 N–H and O–H groups in total. The lowest BCUT2D eigenvalue weighted by Crippen LogP contribution is -2.28. The molecule has 2 rings (SSSR count). The van der Waals surface area contributed by atoms with Crippen molar-refractivity contribution in [3.8, 4) is 0 Å². The van der Waals surface area contributed by atoms with Crippen LogP contribution in [0.25, 0.3) is 0 Å². The van der Waals surface area contributed by atoms with Crippen molar-refractivity contribution in [1.82, 2.24) is 10.3 Å². The van der Waals surface area contributed by atoms with Crippen molar-refractivity contribution >= 4 is 5.91 Å². The zero-order chi connectivity index (χ0) is 18.9. The summed E-state index contributed by atoms with van der Waals surface area (Å²) in [6.45, 7) is 6.54. The van der Waals surface area contributed by atoms with E-state index >= 15 is 0 Å². The molecule has 7 heteroatoms. The molecule has 4 nitrogen and oxygen atoms in total. The highest BCUT2D eigenvalue weighted by Gasteiger charge is 2.32. The number of hydrogen-bond donors (Lipinski definition) is 2. The number of aryl methyl sites for hydroxylation is 3. The lowest BCUT2D eigenvalue weighted by Gasteiger charge is -2.14. The molecule has 1 amide bonds. The topological polar surface area (TPSA) is 62.0 Å². The van der Waals surface area contributed by atoms with Crippen LogP contribution in [0.3, 0.4) is 0 Å². The summed E-state index contributed by atoms with van der Waals surface area (Å²) in [6.07, 6.45) is -4.53. The number of benzene rings is 1. The quantitative estimate of drug-likeness (QED) is 0.887. The van der Waals surface area contributed by atoms with E-state index in [-0.39, 0.29) is 17.7 Å². The maximum atomic E-state index is 13.0. The maximum Gasteiger partial charge on any atom is 0.416 e. The molecule has 0 aliphatic rings. The first-order valence-corrected chi connectivity index (χ1v) is 7.66. The lowest BCUT2D eigenvalue weighted by molar-refractivity contribution is -0.137. The summed E-state index contributed by atoms with van der Waals surface area (Å²) in [5.74, 6) is -0.647. The van der Waals surface area contributed by atoms with Crippen molar-refractivity contribution in [2.24, 2.45) is 0 Å². The number of aromatic amines is 1. The van der Waals surface area contributed by atoms with Gasteiger partial charge in [0.25, 0.3) is 11.5 Å². The number of aromatic nitrogens is 1. The molecule has 25 heavy (non-hydrogen) atoms. The summed E-state index contributed by atoms with van der Waals surface area (Å²) in [4.78, 5) is 27.0. The Labute approximate surface area is 143 Å². The average Bonchev–Trinajstić information content (AvgIpc) is 2.47. The molecule has 0 aliphatic heterocycles. The molecular formula is C18H19F3N2O2. The number of hydrogen-bond acceptors (Lipinski definition) is 2. The van der Waals surface area contributed by atoms with Gasteiger partial charge in [0.1, 0.15) is 0 Å². The van der Waals surface area contributed by atoms with Crippen LogP contribution in [0.2, 0.25) is 0 Å². The van der Waals surface area contributed by atoms with Gasteiger partial charge in [-0.05, 0) is 62.6 Å². The second-order valence-corrected chi connectivity index (χ2v) is 6.09. The predicted octanol–water partition coefficient (Wildman–Crippen LogP) is 3.56. The van der Waals surface area contributed by atoms with E-state index in [4.69, 9.17) is 0 Å². The van der Waals surface area contributed by atoms with Crippen LogP contribution >= 0.6 is 0 Å². The number of amides is 1. The van der Waals surface area contributed by atoms with Gasteiger partial charge in [-0.1, -0.05) is 0 Å². The Morgan fingerprint density at radius 2 is 1.72 bits per heavy atom. The zero-order valence-corrected chi connectivity index (χ0v) is 14.4. The summed E-state index contributed by atoms with van der Waals surface area (Å²) in [6, 6.07) is 3.62. The van der Waals surface area contributed by atoms with E-state index in [2.05, 4.69) is 10.3 Å². The van der Waals surface area contributed by atoms with Gasteiger partial charge in [0.2, 0.25) is 0 Å². The molecule has 1 aromatic heterocycles. The van der Waals surface area contributed by atoms with Crippen molar-refractivity contribution in [2.75, 3.05) is 0 Å². The molecule has 2 aromatic rings. The molecular weight excluding hydrogens is 333 g/mol. The molecule has 0 saturated heterocycles. The highest BCUT2D eigenvalue weighted by atomic mass is 19.4. The number of rotatable bonds is 3. The molecule has 0 spiro atoms. The minimum Gasteiger partial charge on any atom is -0.348 e. The Kier molecular flexibility index (Phi) is 5.06. The second kappa shape index (κ2) is 6.74. The molecule has 0 bridgehead atoms. The second-order valence-electron chi connectivity index (χ2n) is 6.09. The van der Waals surface area contributed by atoms with Crippen LogP contribution in [0, 0.1) is 27.7 Å². The van der Waals surface area contributed by atoms with Gasteiger partial charge in [-0.3, -0.25) is 9.59 Å². The third-order valence-electron chi connectivity index (χ3n) is 4.16. The van der Waals surface area contributed by atoms with Crippen molar-refractivity contribution in [1.29, 1.82) is 0 Å². The first-order valence-electron chi connectivity index (χ1n) is 7.66. The summed E-state index contributed by atoms with van der Waals surface area (Å²) < 4.78 is 38.9. The van der Waals surface area contributed by atoms with E-state index in [0.29, 0.717) is 27.9 Å². The van der Waals surface area contributed by atoms with E-state index in [1.54, 1.807) is 26.8 Å². The third-order valence-corrected chi connectivity index (χ3v) is 4.16. The van der Waals surface area contributed by atoms with Gasteiger partial charge in [0.05, 0.1) is 5.56 Å². The molecule has 0 fully saturated rings. The van der Waals surface area contributed by atoms with Crippen LogP contribution in [0.4, 0.5) is 13.2 Å². The first kappa shape index (κ1) is 18.8. The Bertz CT molecular complexity index is 883. The van der Waals surface area contributed by atoms with Gasteiger partial charge >= 0.3 is 6.18 Å². The highest BCUT2D eigenvalue weighted by molar-refractivity contribution is 5.96. The average molecular weight is 352 g/mol. The van der Waals surface area contributed by atoms with E-state index < -0.39 is 17.6 Å². The van der Waals surface area contributed by atoms with Crippen LogP contribution in [0.1, 0.15) is 43.9 Å². The molecule has 134 valence electrons. The number of alkyl halides is 3. The van der Waals surface area contributed by atoms with Gasteiger partial charge in [-0.2, -0.15) is 13.2 Å². The minimum absolute atomic E-state index is 0.0477. The van der Waals surface area contributed by atoms with Gasteiger partial charge in [-0.15, -0.1) is 0 Å². The van der Waals surface area contributed by atoms with Gasteiger partial charge in [0, 0.05) is 23.4 Å². The van der Waals surface area contributed by atoms with Crippen molar-refractivity contribution in [3.63, 3.8) is 0 Å². The van der Waals surface area contributed by atoms with Crippen LogP contribution in [0.5, 0.6) is 0 Å². The van der Waals surface area contributed by atoms with Crippen LogP contribution in [-0.4, -0.2) is 10.9 Å². The van der Waals surface area contributed by atoms with E-state index in [1.165, 1.54) is 6.92 Å². The smallest absolute Gasteiger partial charge is 0.348 e. The number of H-pyrrole nitrogens is 1. The largest absolute Gasteiger partial charge is 0.416 e. The summed E-state index contributed by atoms with van der Waals surface area (Å²) in [5.41, 5.74) is 1.39. The zero-order valence-electron chi connectivity index (χ0n) is 14.4. The Hall–Kier alpha value is -2.57. The molecule has 0 unspecified atom stereocenters. The standard InChI is InChI=1S/C18H19F3N2O2/c1-9-6-13(18(19,20)21)7-14(12(9)4)16(24)22-8-15-10(2)5-11(3)23-17(15)25/h5-7H,8H2,1-4H3,(H,22,24)(H,23,25). The lowest BCUT2D eigenvalue weighted by atomic mass is 9.98. The van der Waals surface area contributed by atoms with Crippen LogP contribution < -0.4 is 10.9 Å². The van der Waals surface area contributed by atoms with E-state index in [1.807, 2.05) is 0 Å². The monoisotopic (exact) mass is 352 g/mol. The number of nitrogens with one attached hydrogen (secondary N) is 2. The van der Waals surface area contributed by atoms with Crippen molar-refractivity contribution in [3.05, 3.63) is 67.6 Å². The summed E-state index contributed by atoms with van der Waals surface area (Å²) >= 11 is 0. The molecule has 0 radical (unpaired) electrons.